The smallest absolute Gasteiger partial charge is 0.250 e. The molecule has 1 fully saturated rings. The van der Waals surface area contributed by atoms with Crippen molar-refractivity contribution < 1.29 is 4.79 Å². The van der Waals surface area contributed by atoms with Gasteiger partial charge < -0.3 is 0 Å². The average Bonchev–Trinajstić information content (AvgIpc) is 3.40. The molecular formula is C31H28ClN5OS. The highest BCUT2D eigenvalue weighted by molar-refractivity contribution is 7.99. The summed E-state index contributed by atoms with van der Waals surface area (Å²) < 4.78 is 2.21. The first-order chi connectivity index (χ1) is 19.2. The van der Waals surface area contributed by atoms with E-state index in [0.717, 1.165) is 56.5 Å². The highest BCUT2D eigenvalue weighted by atomic mass is 35.5. The summed E-state index contributed by atoms with van der Waals surface area (Å²) in [4.78, 5) is 12.8. The van der Waals surface area contributed by atoms with Crippen molar-refractivity contribution in [2.75, 3.05) is 5.75 Å². The third kappa shape index (κ3) is 5.56. The second kappa shape index (κ2) is 11.6. The number of hydrogen-bond acceptors (Lipinski definition) is 5. The summed E-state index contributed by atoms with van der Waals surface area (Å²) >= 11 is 7.51. The molecule has 6 rings (SSSR count). The number of rotatable bonds is 7. The minimum Gasteiger partial charge on any atom is -0.299 e. The molecule has 0 aliphatic heterocycles. The molecule has 1 aliphatic rings. The zero-order valence-corrected chi connectivity index (χ0v) is 23.0. The Kier molecular flexibility index (Phi) is 7.61. The Labute approximate surface area is 236 Å². The van der Waals surface area contributed by atoms with E-state index >= 15 is 0 Å². The highest BCUT2D eigenvalue weighted by Crippen LogP contribution is 2.36. The molecule has 0 unspecified atom stereocenters. The summed E-state index contributed by atoms with van der Waals surface area (Å²) in [7, 11) is 0. The minimum absolute atomic E-state index is 0.188. The van der Waals surface area contributed by atoms with Gasteiger partial charge in [-0.25, -0.2) is 5.43 Å². The quantitative estimate of drug-likeness (QED) is 0.0972. The molecule has 0 spiro atoms. The van der Waals surface area contributed by atoms with Gasteiger partial charge in [0, 0.05) is 22.2 Å². The predicted molar refractivity (Wildman–Crippen MR) is 161 cm³/mol. The van der Waals surface area contributed by atoms with Crippen LogP contribution in [0.4, 0.5) is 0 Å². The zero-order valence-electron chi connectivity index (χ0n) is 21.4. The number of thioether (sulfide) groups is 1. The Morgan fingerprint density at radius 2 is 1.62 bits per heavy atom. The zero-order chi connectivity index (χ0) is 26.6. The van der Waals surface area contributed by atoms with Crippen molar-refractivity contribution in [2.45, 2.75) is 43.3 Å². The normalized spacial score (nSPS) is 14.4. The number of amides is 1. The number of hydrogen-bond donors (Lipinski definition) is 1. The van der Waals surface area contributed by atoms with E-state index in [9.17, 15) is 4.79 Å². The van der Waals surface area contributed by atoms with Gasteiger partial charge in [-0.3, -0.25) is 9.36 Å². The number of carbonyl (C=O) groups excluding carboxylic acids is 1. The number of carbonyl (C=O) groups is 1. The summed E-state index contributed by atoms with van der Waals surface area (Å²) in [6.07, 6.45) is 7.54. The van der Waals surface area contributed by atoms with Crippen molar-refractivity contribution in [3.05, 3.63) is 89.4 Å². The molecule has 0 bridgehead atoms. The third-order valence-electron chi connectivity index (χ3n) is 7.23. The number of halogens is 1. The van der Waals surface area contributed by atoms with Gasteiger partial charge in [0.2, 0.25) is 0 Å². The first kappa shape index (κ1) is 25.6. The molecule has 1 aliphatic carbocycles. The molecule has 1 amide bonds. The van der Waals surface area contributed by atoms with Crippen molar-refractivity contribution in [3.8, 4) is 11.4 Å². The topological polar surface area (TPSA) is 72.2 Å². The number of hydrazone groups is 1. The van der Waals surface area contributed by atoms with Gasteiger partial charge in [0.25, 0.3) is 5.91 Å². The number of fused-ring (bicyclic) bond motifs is 2. The summed E-state index contributed by atoms with van der Waals surface area (Å²) in [5.41, 5.74) is 4.67. The summed E-state index contributed by atoms with van der Waals surface area (Å²) in [5.74, 6) is 0.827. The molecule has 6 nitrogen and oxygen atoms in total. The standard InChI is InChI=1S/C31H28ClN5OS/c32-24-16-14-21(15-17-24)30-35-36-31(37(30)25-10-2-1-3-11-25)39-20-29(38)34-33-19-28-26-12-6-4-8-22(26)18-23-9-5-7-13-27(23)28/h4-9,12-19,25H,1-3,10-11,20H2,(H,34,38). The van der Waals surface area contributed by atoms with Crippen molar-refractivity contribution in [1.29, 1.82) is 0 Å². The summed E-state index contributed by atoms with van der Waals surface area (Å²) in [6.45, 7) is 0. The molecule has 0 radical (unpaired) electrons. The molecule has 1 heterocycles. The van der Waals surface area contributed by atoms with Crippen LogP contribution in [0.15, 0.2) is 89.1 Å². The Morgan fingerprint density at radius 3 is 2.31 bits per heavy atom. The molecule has 39 heavy (non-hydrogen) atoms. The van der Waals surface area contributed by atoms with Crippen LogP contribution < -0.4 is 5.43 Å². The van der Waals surface area contributed by atoms with Crippen molar-refractivity contribution in [3.63, 3.8) is 0 Å². The van der Waals surface area contributed by atoms with E-state index in [4.69, 9.17) is 11.6 Å². The molecule has 1 saturated carbocycles. The van der Waals surface area contributed by atoms with Crippen molar-refractivity contribution >= 4 is 57.0 Å². The number of nitrogens with zero attached hydrogens (tertiary/aromatic N) is 4. The first-order valence-electron chi connectivity index (χ1n) is 13.2. The lowest BCUT2D eigenvalue weighted by Gasteiger charge is -2.25. The van der Waals surface area contributed by atoms with E-state index in [1.54, 1.807) is 6.21 Å². The molecule has 5 aromatic rings. The van der Waals surface area contributed by atoms with E-state index in [1.807, 2.05) is 48.5 Å². The fraction of sp³-hybridized carbons (Fsp3) is 0.226. The van der Waals surface area contributed by atoms with Crippen LogP contribution in [0, 0.1) is 0 Å². The molecule has 1 aromatic heterocycles. The minimum atomic E-state index is -0.188. The Morgan fingerprint density at radius 1 is 0.949 bits per heavy atom. The number of aromatic nitrogens is 3. The van der Waals surface area contributed by atoms with E-state index in [1.165, 1.54) is 31.0 Å². The summed E-state index contributed by atoms with van der Waals surface area (Å²) in [6, 6.07) is 26.6. The van der Waals surface area contributed by atoms with Crippen LogP contribution in [-0.2, 0) is 4.79 Å². The molecule has 0 saturated heterocycles. The lowest BCUT2D eigenvalue weighted by Crippen LogP contribution is -2.20. The van der Waals surface area contributed by atoms with Crippen LogP contribution in [-0.4, -0.2) is 32.6 Å². The van der Waals surface area contributed by atoms with Gasteiger partial charge in [0.15, 0.2) is 11.0 Å². The second-order valence-corrected chi connectivity index (χ2v) is 11.2. The average molecular weight is 554 g/mol. The monoisotopic (exact) mass is 553 g/mol. The van der Waals surface area contributed by atoms with Gasteiger partial charge in [-0.15, -0.1) is 10.2 Å². The highest BCUT2D eigenvalue weighted by Gasteiger charge is 2.24. The van der Waals surface area contributed by atoms with Gasteiger partial charge in [0.05, 0.1) is 12.0 Å². The third-order valence-corrected chi connectivity index (χ3v) is 8.43. The maximum Gasteiger partial charge on any atom is 0.250 e. The maximum atomic E-state index is 12.8. The van der Waals surface area contributed by atoms with Crippen molar-refractivity contribution in [2.24, 2.45) is 5.10 Å². The van der Waals surface area contributed by atoms with E-state index in [-0.39, 0.29) is 11.7 Å². The van der Waals surface area contributed by atoms with E-state index < -0.39 is 0 Å². The molecule has 196 valence electrons. The molecular weight excluding hydrogens is 526 g/mol. The second-order valence-electron chi connectivity index (χ2n) is 9.79. The fourth-order valence-electron chi connectivity index (χ4n) is 5.36. The van der Waals surface area contributed by atoms with Crippen LogP contribution in [0.1, 0.15) is 43.7 Å². The van der Waals surface area contributed by atoms with Gasteiger partial charge in [-0.2, -0.15) is 5.10 Å². The molecule has 1 N–H and O–H groups in total. The van der Waals surface area contributed by atoms with Crippen LogP contribution >= 0.6 is 23.4 Å². The maximum absolute atomic E-state index is 12.8. The fourth-order valence-corrected chi connectivity index (χ4v) is 6.28. The van der Waals surface area contributed by atoms with Gasteiger partial charge in [0.1, 0.15) is 0 Å². The molecule has 8 heteroatoms. The van der Waals surface area contributed by atoms with Crippen LogP contribution in [0.2, 0.25) is 5.02 Å². The predicted octanol–water partition coefficient (Wildman–Crippen LogP) is 7.65. The van der Waals surface area contributed by atoms with Crippen LogP contribution in [0.5, 0.6) is 0 Å². The Hall–Kier alpha value is -3.68. The van der Waals surface area contributed by atoms with E-state index in [0.29, 0.717) is 11.1 Å². The summed E-state index contributed by atoms with van der Waals surface area (Å²) in [5, 5.41) is 19.2. The Bertz CT molecular complexity index is 1600. The Balaban J connectivity index is 1.20. The number of nitrogens with one attached hydrogen (secondary N) is 1. The van der Waals surface area contributed by atoms with Crippen LogP contribution in [0.3, 0.4) is 0 Å². The lowest BCUT2D eigenvalue weighted by molar-refractivity contribution is -0.118. The van der Waals surface area contributed by atoms with Crippen LogP contribution in [0.25, 0.3) is 32.9 Å². The first-order valence-corrected chi connectivity index (χ1v) is 14.6. The van der Waals surface area contributed by atoms with Gasteiger partial charge in [-0.1, -0.05) is 91.2 Å². The van der Waals surface area contributed by atoms with Crippen molar-refractivity contribution in [1.82, 2.24) is 20.2 Å². The van der Waals surface area contributed by atoms with Gasteiger partial charge in [-0.05, 0) is 64.7 Å². The SMILES string of the molecule is O=C(CSc1nnc(-c2ccc(Cl)cc2)n1C1CCCCC1)NN=Cc1c2ccccc2cc2ccccc12. The molecule has 4 aromatic carbocycles. The number of benzene rings is 4. The largest absolute Gasteiger partial charge is 0.299 e. The van der Waals surface area contributed by atoms with Gasteiger partial charge >= 0.3 is 0 Å². The van der Waals surface area contributed by atoms with E-state index in [2.05, 4.69) is 55.6 Å². The molecule has 0 atom stereocenters. The lowest BCUT2D eigenvalue weighted by atomic mass is 9.95.